The van der Waals surface area contributed by atoms with E-state index in [4.69, 9.17) is 5.11 Å². The highest BCUT2D eigenvalue weighted by Gasteiger charge is 2.00. The maximum Gasteiger partial charge on any atom is 0.246 e. The molecule has 0 heterocycles. The van der Waals surface area contributed by atoms with Crippen LogP contribution in [0.1, 0.15) is 33.1 Å². The first-order chi connectivity index (χ1) is 6.22. The monoisotopic (exact) mass is 185 g/mol. The number of hydrogen-bond acceptors (Lipinski definition) is 2. The first-order valence-electron chi connectivity index (χ1n) is 4.78. The highest BCUT2D eigenvalue weighted by Crippen LogP contribution is 1.98. The van der Waals surface area contributed by atoms with Crippen LogP contribution in [-0.4, -0.2) is 24.2 Å². The van der Waals surface area contributed by atoms with Crippen molar-refractivity contribution in [3.8, 4) is 0 Å². The zero-order valence-corrected chi connectivity index (χ0v) is 8.47. The standard InChI is InChI=1S/C10H19NO2/c1-3-7-11-10(13)9(2)6-4-5-8-12/h6,12H,3-5,7-8H2,1-2H3,(H,11,13). The predicted octanol–water partition coefficient (Wildman–Crippen LogP) is 1.23. The molecule has 13 heavy (non-hydrogen) atoms. The van der Waals surface area contributed by atoms with Crippen molar-refractivity contribution in [2.24, 2.45) is 0 Å². The molecule has 0 aromatic carbocycles. The van der Waals surface area contributed by atoms with Crippen LogP contribution in [0.2, 0.25) is 0 Å². The normalized spacial score (nSPS) is 11.5. The van der Waals surface area contributed by atoms with Gasteiger partial charge < -0.3 is 10.4 Å². The third-order valence-corrected chi connectivity index (χ3v) is 1.71. The minimum atomic E-state index is -0.000195. The number of aliphatic hydroxyl groups is 1. The summed E-state index contributed by atoms with van der Waals surface area (Å²) in [7, 11) is 0. The van der Waals surface area contributed by atoms with E-state index in [1.165, 1.54) is 0 Å². The molecular formula is C10H19NO2. The Morgan fingerprint density at radius 1 is 1.54 bits per heavy atom. The molecule has 0 aromatic heterocycles. The van der Waals surface area contributed by atoms with Crippen LogP contribution < -0.4 is 5.32 Å². The van der Waals surface area contributed by atoms with E-state index in [0.29, 0.717) is 0 Å². The number of nitrogens with one attached hydrogen (secondary N) is 1. The molecule has 0 spiro atoms. The maximum atomic E-state index is 11.3. The van der Waals surface area contributed by atoms with Gasteiger partial charge in [-0.3, -0.25) is 4.79 Å². The van der Waals surface area contributed by atoms with E-state index >= 15 is 0 Å². The van der Waals surface area contributed by atoms with Crippen LogP contribution in [0.3, 0.4) is 0 Å². The van der Waals surface area contributed by atoms with Gasteiger partial charge in [0.1, 0.15) is 0 Å². The lowest BCUT2D eigenvalue weighted by atomic mass is 10.2. The van der Waals surface area contributed by atoms with Crippen molar-refractivity contribution in [1.29, 1.82) is 0 Å². The van der Waals surface area contributed by atoms with Crippen LogP contribution in [0.15, 0.2) is 11.6 Å². The van der Waals surface area contributed by atoms with E-state index in [2.05, 4.69) is 5.32 Å². The molecule has 0 aliphatic carbocycles. The predicted molar refractivity (Wildman–Crippen MR) is 53.4 cm³/mol. The van der Waals surface area contributed by atoms with E-state index in [-0.39, 0.29) is 12.5 Å². The molecule has 0 radical (unpaired) electrons. The smallest absolute Gasteiger partial charge is 0.246 e. The van der Waals surface area contributed by atoms with Gasteiger partial charge in [0.05, 0.1) is 0 Å². The molecule has 0 bridgehead atoms. The topological polar surface area (TPSA) is 49.3 Å². The Kier molecular flexibility index (Phi) is 7.30. The summed E-state index contributed by atoms with van der Waals surface area (Å²) in [6.07, 6.45) is 4.30. The first-order valence-corrected chi connectivity index (χ1v) is 4.78. The van der Waals surface area contributed by atoms with Crippen LogP contribution in [-0.2, 0) is 4.79 Å². The Bertz CT molecular complexity index is 176. The molecule has 0 aromatic rings. The van der Waals surface area contributed by atoms with Crippen molar-refractivity contribution >= 4 is 5.91 Å². The SMILES string of the molecule is CCCNC(=O)C(C)=CCCCO. The summed E-state index contributed by atoms with van der Waals surface area (Å²) in [4.78, 5) is 11.3. The maximum absolute atomic E-state index is 11.3. The highest BCUT2D eigenvalue weighted by molar-refractivity contribution is 5.92. The van der Waals surface area contributed by atoms with Crippen LogP contribution in [0.25, 0.3) is 0 Å². The summed E-state index contributed by atoms with van der Waals surface area (Å²) in [5.74, 6) is -0.000195. The quantitative estimate of drug-likeness (QED) is 0.483. The van der Waals surface area contributed by atoms with Crippen molar-refractivity contribution in [1.82, 2.24) is 5.32 Å². The van der Waals surface area contributed by atoms with Gasteiger partial charge in [0, 0.05) is 18.7 Å². The summed E-state index contributed by atoms with van der Waals surface area (Å²) in [6, 6.07) is 0. The van der Waals surface area contributed by atoms with Gasteiger partial charge in [0.2, 0.25) is 5.91 Å². The molecule has 0 saturated carbocycles. The zero-order valence-electron chi connectivity index (χ0n) is 8.47. The molecule has 0 aliphatic heterocycles. The summed E-state index contributed by atoms with van der Waals surface area (Å²) in [6.45, 7) is 4.72. The average Bonchev–Trinajstić information content (AvgIpc) is 2.14. The molecule has 3 heteroatoms. The van der Waals surface area contributed by atoms with E-state index < -0.39 is 0 Å². The van der Waals surface area contributed by atoms with E-state index in [1.807, 2.05) is 13.0 Å². The Labute approximate surface area is 79.8 Å². The van der Waals surface area contributed by atoms with Crippen molar-refractivity contribution < 1.29 is 9.90 Å². The van der Waals surface area contributed by atoms with Crippen LogP contribution in [0, 0.1) is 0 Å². The number of hydrogen-bond donors (Lipinski definition) is 2. The van der Waals surface area contributed by atoms with Gasteiger partial charge in [-0.15, -0.1) is 0 Å². The lowest BCUT2D eigenvalue weighted by Gasteiger charge is -2.02. The Hall–Kier alpha value is -0.830. The lowest BCUT2D eigenvalue weighted by Crippen LogP contribution is -2.24. The molecular weight excluding hydrogens is 166 g/mol. The number of allylic oxidation sites excluding steroid dienone is 1. The van der Waals surface area contributed by atoms with Gasteiger partial charge in [-0.25, -0.2) is 0 Å². The van der Waals surface area contributed by atoms with Crippen molar-refractivity contribution in [2.45, 2.75) is 33.1 Å². The minimum Gasteiger partial charge on any atom is -0.396 e. The van der Waals surface area contributed by atoms with Crippen molar-refractivity contribution in [3.63, 3.8) is 0 Å². The fourth-order valence-electron chi connectivity index (χ4n) is 0.881. The fourth-order valence-corrected chi connectivity index (χ4v) is 0.881. The van der Waals surface area contributed by atoms with Gasteiger partial charge in [0.15, 0.2) is 0 Å². The Morgan fingerprint density at radius 2 is 2.23 bits per heavy atom. The van der Waals surface area contributed by atoms with E-state index in [1.54, 1.807) is 6.92 Å². The van der Waals surface area contributed by atoms with Crippen LogP contribution >= 0.6 is 0 Å². The van der Waals surface area contributed by atoms with Crippen molar-refractivity contribution in [2.75, 3.05) is 13.2 Å². The summed E-state index contributed by atoms with van der Waals surface area (Å²) >= 11 is 0. The van der Waals surface area contributed by atoms with Gasteiger partial charge in [-0.2, -0.15) is 0 Å². The number of unbranched alkanes of at least 4 members (excludes halogenated alkanes) is 1. The van der Waals surface area contributed by atoms with Gasteiger partial charge >= 0.3 is 0 Å². The highest BCUT2D eigenvalue weighted by atomic mass is 16.2. The van der Waals surface area contributed by atoms with Gasteiger partial charge in [-0.1, -0.05) is 13.0 Å². The third kappa shape index (κ3) is 6.34. The van der Waals surface area contributed by atoms with Gasteiger partial charge in [-0.05, 0) is 26.2 Å². The average molecular weight is 185 g/mol. The number of aliphatic hydroxyl groups excluding tert-OH is 1. The largest absolute Gasteiger partial charge is 0.396 e. The second-order valence-corrected chi connectivity index (χ2v) is 3.01. The van der Waals surface area contributed by atoms with E-state index in [9.17, 15) is 4.79 Å². The molecule has 2 N–H and O–H groups in total. The lowest BCUT2D eigenvalue weighted by molar-refractivity contribution is -0.117. The van der Waals surface area contributed by atoms with E-state index in [0.717, 1.165) is 31.4 Å². The van der Waals surface area contributed by atoms with Crippen LogP contribution in [0.5, 0.6) is 0 Å². The molecule has 0 unspecified atom stereocenters. The Balaban J connectivity index is 3.72. The molecule has 0 fully saturated rings. The minimum absolute atomic E-state index is 0.000195. The summed E-state index contributed by atoms with van der Waals surface area (Å²) in [5.41, 5.74) is 0.738. The molecule has 0 aliphatic rings. The summed E-state index contributed by atoms with van der Waals surface area (Å²) < 4.78 is 0. The molecule has 0 rings (SSSR count). The third-order valence-electron chi connectivity index (χ3n) is 1.71. The Morgan fingerprint density at radius 3 is 2.77 bits per heavy atom. The number of amides is 1. The molecule has 3 nitrogen and oxygen atoms in total. The second kappa shape index (κ2) is 7.80. The molecule has 1 amide bonds. The number of carbonyl (C=O) groups excluding carboxylic acids is 1. The molecule has 76 valence electrons. The zero-order chi connectivity index (χ0) is 10.1. The second-order valence-electron chi connectivity index (χ2n) is 3.01. The molecule has 0 atom stereocenters. The van der Waals surface area contributed by atoms with Crippen molar-refractivity contribution in [3.05, 3.63) is 11.6 Å². The number of rotatable bonds is 6. The number of carbonyl (C=O) groups is 1. The molecule has 0 saturated heterocycles. The fraction of sp³-hybridized carbons (Fsp3) is 0.700. The van der Waals surface area contributed by atoms with Gasteiger partial charge in [0.25, 0.3) is 0 Å². The van der Waals surface area contributed by atoms with Crippen LogP contribution in [0.4, 0.5) is 0 Å². The summed E-state index contributed by atoms with van der Waals surface area (Å²) in [5, 5.41) is 11.3. The first kappa shape index (κ1) is 12.2.